The zero-order valence-corrected chi connectivity index (χ0v) is 22.0. The Labute approximate surface area is 217 Å². The predicted octanol–water partition coefficient (Wildman–Crippen LogP) is 4.80. The molecule has 1 aliphatic heterocycles. The average molecular weight is 524 g/mol. The number of thiophene rings is 1. The van der Waals surface area contributed by atoms with Gasteiger partial charge in [0.1, 0.15) is 10.6 Å². The van der Waals surface area contributed by atoms with Crippen molar-refractivity contribution >= 4 is 39.2 Å². The van der Waals surface area contributed by atoms with Crippen LogP contribution in [0.5, 0.6) is 0 Å². The summed E-state index contributed by atoms with van der Waals surface area (Å²) in [6.07, 6.45) is 3.11. The molecule has 0 radical (unpaired) electrons. The third-order valence-corrected chi connectivity index (χ3v) is 8.45. The second-order valence-corrected chi connectivity index (χ2v) is 11.2. The second kappa shape index (κ2) is 11.0. The SMILES string of the molecule is CC(C)[C@H]1Cc2c(sc3nc(SCC(=O)NCc4ccco4)n(CCc4ccccc4)c(=O)c23)CO1. The molecular formula is C27H29N3O4S2. The molecule has 5 rings (SSSR count). The molecule has 0 spiro atoms. The van der Waals surface area contributed by atoms with Crippen LogP contribution in [-0.2, 0) is 42.1 Å². The topological polar surface area (TPSA) is 86.4 Å². The summed E-state index contributed by atoms with van der Waals surface area (Å²) in [5.74, 6) is 1.08. The number of furan rings is 1. The van der Waals surface area contributed by atoms with Crippen molar-refractivity contribution in [3.63, 3.8) is 0 Å². The van der Waals surface area contributed by atoms with E-state index in [9.17, 15) is 9.59 Å². The molecule has 0 bridgehead atoms. The summed E-state index contributed by atoms with van der Waals surface area (Å²) in [6.45, 7) is 5.63. The fraction of sp³-hybridized carbons (Fsp3) is 0.370. The highest BCUT2D eigenvalue weighted by Crippen LogP contribution is 2.36. The molecule has 0 aliphatic carbocycles. The van der Waals surface area contributed by atoms with Crippen LogP contribution >= 0.6 is 23.1 Å². The normalized spacial score (nSPS) is 15.4. The van der Waals surface area contributed by atoms with Gasteiger partial charge < -0.3 is 14.5 Å². The number of aromatic nitrogens is 2. The van der Waals surface area contributed by atoms with Crippen LogP contribution in [0.15, 0.2) is 63.1 Å². The summed E-state index contributed by atoms with van der Waals surface area (Å²) in [7, 11) is 0. The summed E-state index contributed by atoms with van der Waals surface area (Å²) >= 11 is 2.82. The van der Waals surface area contributed by atoms with Gasteiger partial charge in [-0.1, -0.05) is 55.9 Å². The van der Waals surface area contributed by atoms with E-state index in [4.69, 9.17) is 14.1 Å². The van der Waals surface area contributed by atoms with Crippen LogP contribution < -0.4 is 10.9 Å². The highest BCUT2D eigenvalue weighted by Gasteiger charge is 2.28. The summed E-state index contributed by atoms with van der Waals surface area (Å²) in [4.78, 5) is 33.1. The fourth-order valence-corrected chi connectivity index (χ4v) is 6.36. The van der Waals surface area contributed by atoms with Crippen LogP contribution in [0.1, 0.15) is 35.6 Å². The van der Waals surface area contributed by atoms with E-state index in [0.717, 1.165) is 27.3 Å². The molecule has 4 aromatic rings. The lowest BCUT2D eigenvalue weighted by molar-refractivity contribution is -0.118. The molecule has 0 unspecified atom stereocenters. The monoisotopic (exact) mass is 523 g/mol. The van der Waals surface area contributed by atoms with Gasteiger partial charge in [0.2, 0.25) is 5.91 Å². The Bertz CT molecular complexity index is 1390. The van der Waals surface area contributed by atoms with Crippen LogP contribution in [0, 0.1) is 5.92 Å². The Morgan fingerprint density at radius 3 is 2.83 bits per heavy atom. The number of amides is 1. The number of nitrogens with one attached hydrogen (secondary N) is 1. The number of carbonyl (C=O) groups excluding carboxylic acids is 1. The van der Waals surface area contributed by atoms with E-state index < -0.39 is 0 Å². The highest BCUT2D eigenvalue weighted by molar-refractivity contribution is 7.99. The summed E-state index contributed by atoms with van der Waals surface area (Å²) in [5.41, 5.74) is 2.20. The summed E-state index contributed by atoms with van der Waals surface area (Å²) in [5, 5.41) is 4.13. The molecule has 7 nitrogen and oxygen atoms in total. The van der Waals surface area contributed by atoms with Gasteiger partial charge in [-0.05, 0) is 35.6 Å². The fourth-order valence-electron chi connectivity index (χ4n) is 4.34. The molecular weight excluding hydrogens is 494 g/mol. The minimum Gasteiger partial charge on any atom is -0.467 e. The first-order valence-corrected chi connectivity index (χ1v) is 13.9. The minimum atomic E-state index is -0.140. The van der Waals surface area contributed by atoms with E-state index >= 15 is 0 Å². The molecule has 0 saturated heterocycles. The summed E-state index contributed by atoms with van der Waals surface area (Å²) in [6, 6.07) is 13.7. The number of hydrogen-bond acceptors (Lipinski definition) is 7. The molecule has 1 amide bonds. The number of aryl methyl sites for hydroxylation is 1. The molecule has 4 heterocycles. The Kier molecular flexibility index (Phi) is 7.59. The Morgan fingerprint density at radius 2 is 2.08 bits per heavy atom. The van der Waals surface area contributed by atoms with Crippen LogP contribution in [-0.4, -0.2) is 27.3 Å². The van der Waals surface area contributed by atoms with Crippen molar-refractivity contribution in [3.05, 3.63) is 80.8 Å². The van der Waals surface area contributed by atoms with Crippen molar-refractivity contribution in [3.8, 4) is 0 Å². The molecule has 1 N–H and O–H groups in total. The van der Waals surface area contributed by atoms with Crippen molar-refractivity contribution in [2.75, 3.05) is 5.75 Å². The van der Waals surface area contributed by atoms with Crippen LogP contribution in [0.2, 0.25) is 0 Å². The first-order valence-electron chi connectivity index (χ1n) is 12.1. The van der Waals surface area contributed by atoms with Crippen molar-refractivity contribution in [2.24, 2.45) is 5.92 Å². The number of thioether (sulfide) groups is 1. The minimum absolute atomic E-state index is 0.0312. The number of ether oxygens (including phenoxy) is 1. The van der Waals surface area contributed by atoms with E-state index in [1.54, 1.807) is 16.9 Å². The van der Waals surface area contributed by atoms with Gasteiger partial charge in [0, 0.05) is 17.8 Å². The molecule has 9 heteroatoms. The third kappa shape index (κ3) is 5.43. The molecule has 1 aliphatic rings. The Balaban J connectivity index is 1.43. The van der Waals surface area contributed by atoms with E-state index in [1.165, 1.54) is 23.1 Å². The number of carbonyl (C=O) groups is 1. The van der Waals surface area contributed by atoms with E-state index in [2.05, 4.69) is 31.3 Å². The molecule has 188 valence electrons. The maximum atomic E-state index is 13.9. The second-order valence-electron chi connectivity index (χ2n) is 9.21. The van der Waals surface area contributed by atoms with Gasteiger partial charge in [0.05, 0.1) is 36.7 Å². The molecule has 1 aromatic carbocycles. The zero-order chi connectivity index (χ0) is 25.1. The first-order chi connectivity index (χ1) is 17.5. The number of benzene rings is 1. The standard InChI is InChI=1S/C27H29N3O4S2/c1-17(2)21-13-20-22(15-34-21)36-25-24(20)26(32)30(11-10-18-7-4-3-5-8-18)27(29-25)35-16-23(31)28-14-19-9-6-12-33-19/h3-9,12,17,21H,10-11,13-16H2,1-2H3,(H,28,31)/t21-/m1/s1. The lowest BCUT2D eigenvalue weighted by atomic mass is 9.96. The van der Waals surface area contributed by atoms with Gasteiger partial charge in [0.25, 0.3) is 5.56 Å². The maximum Gasteiger partial charge on any atom is 0.263 e. The van der Waals surface area contributed by atoms with Gasteiger partial charge in [-0.2, -0.15) is 0 Å². The molecule has 1 atom stereocenters. The van der Waals surface area contributed by atoms with Crippen molar-refractivity contribution in [1.29, 1.82) is 0 Å². The number of fused-ring (bicyclic) bond motifs is 3. The largest absolute Gasteiger partial charge is 0.467 e. The van der Waals surface area contributed by atoms with E-state index in [0.29, 0.717) is 48.3 Å². The van der Waals surface area contributed by atoms with Gasteiger partial charge in [-0.15, -0.1) is 11.3 Å². The average Bonchev–Trinajstić information content (AvgIpc) is 3.53. The Hall–Kier alpha value is -2.88. The first kappa shape index (κ1) is 24.8. The quantitative estimate of drug-likeness (QED) is 0.251. The molecule has 36 heavy (non-hydrogen) atoms. The molecule has 3 aromatic heterocycles. The number of hydrogen-bond donors (Lipinski definition) is 1. The molecule has 0 fully saturated rings. The van der Waals surface area contributed by atoms with Gasteiger partial charge >= 0.3 is 0 Å². The van der Waals surface area contributed by atoms with Gasteiger partial charge in [-0.3, -0.25) is 14.2 Å². The molecule has 0 saturated carbocycles. The smallest absolute Gasteiger partial charge is 0.263 e. The summed E-state index contributed by atoms with van der Waals surface area (Å²) < 4.78 is 13.1. The lowest BCUT2D eigenvalue weighted by Gasteiger charge is -2.26. The van der Waals surface area contributed by atoms with Gasteiger partial charge in [0.15, 0.2) is 5.16 Å². The van der Waals surface area contributed by atoms with Crippen LogP contribution in [0.3, 0.4) is 0 Å². The van der Waals surface area contributed by atoms with Gasteiger partial charge in [-0.25, -0.2) is 4.98 Å². The lowest BCUT2D eigenvalue weighted by Crippen LogP contribution is -2.29. The van der Waals surface area contributed by atoms with Crippen molar-refractivity contribution < 1.29 is 13.9 Å². The zero-order valence-electron chi connectivity index (χ0n) is 20.4. The highest BCUT2D eigenvalue weighted by atomic mass is 32.2. The Morgan fingerprint density at radius 1 is 1.25 bits per heavy atom. The van der Waals surface area contributed by atoms with Crippen molar-refractivity contribution in [2.45, 2.75) is 57.6 Å². The van der Waals surface area contributed by atoms with E-state index in [1.807, 2.05) is 24.3 Å². The third-order valence-electron chi connectivity index (χ3n) is 6.38. The van der Waals surface area contributed by atoms with Crippen molar-refractivity contribution in [1.82, 2.24) is 14.9 Å². The number of rotatable bonds is 9. The van der Waals surface area contributed by atoms with Crippen LogP contribution in [0.25, 0.3) is 10.2 Å². The van der Waals surface area contributed by atoms with Crippen LogP contribution in [0.4, 0.5) is 0 Å². The van der Waals surface area contributed by atoms with E-state index in [-0.39, 0.29) is 23.3 Å². The number of nitrogens with zero attached hydrogens (tertiary/aromatic N) is 2. The maximum absolute atomic E-state index is 13.9. The predicted molar refractivity (Wildman–Crippen MR) is 142 cm³/mol.